The molecule has 1 saturated heterocycles. The number of hydrogen-bond donors (Lipinski definition) is 1. The lowest BCUT2D eigenvalue weighted by Crippen LogP contribution is -2.59. The normalized spacial score (nSPS) is 19.2. The Labute approximate surface area is 123 Å². The molecule has 0 aliphatic carbocycles. The second-order valence-electron chi connectivity index (χ2n) is 6.38. The Balaban J connectivity index is 2.09. The van der Waals surface area contributed by atoms with E-state index in [-0.39, 0.29) is 5.54 Å². The maximum absolute atomic E-state index is 4.54. The van der Waals surface area contributed by atoms with E-state index in [0.29, 0.717) is 6.04 Å². The molecule has 114 valence electrons. The third-order valence-corrected chi connectivity index (χ3v) is 4.90. The van der Waals surface area contributed by atoms with Crippen molar-refractivity contribution in [3.05, 3.63) is 18.2 Å². The van der Waals surface area contributed by atoms with Crippen LogP contribution in [0.2, 0.25) is 0 Å². The standard InChI is InChI=1S/C16H30N4/c1-5-19-12-9-18-15(19)13-14(17-4)16(2,3)20-10-7-6-8-11-20/h9,12,14,17H,5-8,10-11,13H2,1-4H3. The minimum atomic E-state index is 0.166. The van der Waals surface area contributed by atoms with Gasteiger partial charge in [0.05, 0.1) is 0 Å². The van der Waals surface area contributed by atoms with E-state index < -0.39 is 0 Å². The van der Waals surface area contributed by atoms with E-state index in [0.717, 1.165) is 13.0 Å². The summed E-state index contributed by atoms with van der Waals surface area (Å²) in [7, 11) is 2.08. The number of imidazole rings is 1. The number of nitrogens with zero attached hydrogens (tertiary/aromatic N) is 3. The first-order valence-corrected chi connectivity index (χ1v) is 8.02. The number of likely N-dealkylation sites (N-methyl/N-ethyl adjacent to an activating group) is 1. The molecule has 4 heteroatoms. The van der Waals surface area contributed by atoms with E-state index in [1.165, 1.54) is 38.2 Å². The van der Waals surface area contributed by atoms with Gasteiger partial charge in [-0.05, 0) is 53.8 Å². The topological polar surface area (TPSA) is 33.1 Å². The SMILES string of the molecule is CCn1ccnc1CC(NC)C(C)(C)N1CCCCC1. The summed E-state index contributed by atoms with van der Waals surface area (Å²) in [6.45, 7) is 10.4. The number of aromatic nitrogens is 2. The van der Waals surface area contributed by atoms with Gasteiger partial charge in [0.15, 0.2) is 0 Å². The smallest absolute Gasteiger partial charge is 0.110 e. The van der Waals surface area contributed by atoms with Gasteiger partial charge in [-0.3, -0.25) is 4.90 Å². The molecule has 0 aromatic carbocycles. The Bertz CT molecular complexity index is 404. The first-order chi connectivity index (χ1) is 9.59. The van der Waals surface area contributed by atoms with E-state index in [1.807, 2.05) is 6.20 Å². The van der Waals surface area contributed by atoms with E-state index in [4.69, 9.17) is 0 Å². The van der Waals surface area contributed by atoms with Crippen LogP contribution < -0.4 is 5.32 Å². The molecule has 1 atom stereocenters. The summed E-state index contributed by atoms with van der Waals surface area (Å²) in [5, 5.41) is 3.53. The first kappa shape index (κ1) is 15.5. The molecule has 1 aliphatic rings. The number of nitrogens with one attached hydrogen (secondary N) is 1. The van der Waals surface area contributed by atoms with Crippen molar-refractivity contribution in [3.63, 3.8) is 0 Å². The third kappa shape index (κ3) is 3.23. The largest absolute Gasteiger partial charge is 0.335 e. The van der Waals surface area contributed by atoms with Gasteiger partial charge in [0, 0.05) is 36.9 Å². The van der Waals surface area contributed by atoms with Crippen LogP contribution in [0.3, 0.4) is 0 Å². The van der Waals surface area contributed by atoms with Gasteiger partial charge in [-0.2, -0.15) is 0 Å². The summed E-state index contributed by atoms with van der Waals surface area (Å²) >= 11 is 0. The van der Waals surface area contributed by atoms with Gasteiger partial charge in [0.1, 0.15) is 5.82 Å². The van der Waals surface area contributed by atoms with Crippen molar-refractivity contribution in [1.29, 1.82) is 0 Å². The zero-order chi connectivity index (χ0) is 14.6. The number of aryl methyl sites for hydroxylation is 1. The zero-order valence-electron chi connectivity index (χ0n) is 13.5. The number of hydrogen-bond acceptors (Lipinski definition) is 3. The summed E-state index contributed by atoms with van der Waals surface area (Å²) in [4.78, 5) is 7.19. The molecule has 4 nitrogen and oxygen atoms in total. The molecule has 0 spiro atoms. The lowest BCUT2D eigenvalue weighted by atomic mass is 9.88. The fourth-order valence-electron chi connectivity index (χ4n) is 3.40. The third-order valence-electron chi connectivity index (χ3n) is 4.90. The molecule has 1 unspecified atom stereocenters. The molecule has 0 amide bonds. The van der Waals surface area contributed by atoms with Gasteiger partial charge in [-0.15, -0.1) is 0 Å². The van der Waals surface area contributed by atoms with Crippen LogP contribution in [-0.4, -0.2) is 46.2 Å². The van der Waals surface area contributed by atoms with Crippen molar-refractivity contribution in [2.45, 2.75) is 64.6 Å². The first-order valence-electron chi connectivity index (χ1n) is 8.02. The summed E-state index contributed by atoms with van der Waals surface area (Å²) < 4.78 is 2.25. The minimum absolute atomic E-state index is 0.166. The molecular formula is C16H30N4. The van der Waals surface area contributed by atoms with Gasteiger partial charge in [0.2, 0.25) is 0 Å². The van der Waals surface area contributed by atoms with Crippen LogP contribution in [0.1, 0.15) is 45.9 Å². The molecule has 1 fully saturated rings. The number of likely N-dealkylation sites (tertiary alicyclic amines) is 1. The summed E-state index contributed by atoms with van der Waals surface area (Å²) in [5.41, 5.74) is 0.166. The van der Waals surface area contributed by atoms with Crippen molar-refractivity contribution >= 4 is 0 Å². The van der Waals surface area contributed by atoms with Gasteiger partial charge in [-0.25, -0.2) is 4.98 Å². The molecule has 0 saturated carbocycles. The summed E-state index contributed by atoms with van der Waals surface area (Å²) in [6.07, 6.45) is 9.04. The van der Waals surface area contributed by atoms with Crippen LogP contribution in [0.25, 0.3) is 0 Å². The quantitative estimate of drug-likeness (QED) is 0.867. The average molecular weight is 278 g/mol. The lowest BCUT2D eigenvalue weighted by Gasteiger charge is -2.46. The van der Waals surface area contributed by atoms with E-state index >= 15 is 0 Å². The van der Waals surface area contributed by atoms with Gasteiger partial charge < -0.3 is 9.88 Å². The predicted octanol–water partition coefficient (Wildman–Crippen LogP) is 2.30. The van der Waals surface area contributed by atoms with Crippen LogP contribution in [0.5, 0.6) is 0 Å². The van der Waals surface area contributed by atoms with Crippen LogP contribution in [0.4, 0.5) is 0 Å². The van der Waals surface area contributed by atoms with Gasteiger partial charge in [0.25, 0.3) is 0 Å². The molecule has 1 aromatic rings. The van der Waals surface area contributed by atoms with Crippen LogP contribution in [0.15, 0.2) is 12.4 Å². The molecule has 2 heterocycles. The van der Waals surface area contributed by atoms with Crippen LogP contribution in [-0.2, 0) is 13.0 Å². The van der Waals surface area contributed by atoms with Gasteiger partial charge >= 0.3 is 0 Å². The Morgan fingerprint density at radius 2 is 2.00 bits per heavy atom. The molecule has 20 heavy (non-hydrogen) atoms. The predicted molar refractivity (Wildman–Crippen MR) is 84.0 cm³/mol. The van der Waals surface area contributed by atoms with Gasteiger partial charge in [-0.1, -0.05) is 6.42 Å². The van der Waals surface area contributed by atoms with Crippen molar-refractivity contribution in [2.24, 2.45) is 0 Å². The fraction of sp³-hybridized carbons (Fsp3) is 0.812. The lowest BCUT2D eigenvalue weighted by molar-refractivity contribution is 0.0627. The Morgan fingerprint density at radius 3 is 2.60 bits per heavy atom. The highest BCUT2D eigenvalue weighted by Gasteiger charge is 2.35. The van der Waals surface area contributed by atoms with E-state index in [9.17, 15) is 0 Å². The Kier molecular flexibility index (Phi) is 5.22. The highest BCUT2D eigenvalue weighted by atomic mass is 15.2. The van der Waals surface area contributed by atoms with Crippen molar-refractivity contribution in [3.8, 4) is 0 Å². The van der Waals surface area contributed by atoms with E-state index in [1.54, 1.807) is 0 Å². The number of piperidine rings is 1. The average Bonchev–Trinajstić information content (AvgIpc) is 2.92. The highest BCUT2D eigenvalue weighted by molar-refractivity contribution is 5.02. The second-order valence-corrected chi connectivity index (χ2v) is 6.38. The number of rotatable bonds is 6. The van der Waals surface area contributed by atoms with Crippen molar-refractivity contribution in [1.82, 2.24) is 19.8 Å². The Hall–Kier alpha value is -0.870. The minimum Gasteiger partial charge on any atom is -0.335 e. The molecule has 1 aromatic heterocycles. The maximum Gasteiger partial charge on any atom is 0.110 e. The fourth-order valence-corrected chi connectivity index (χ4v) is 3.40. The Morgan fingerprint density at radius 1 is 1.30 bits per heavy atom. The molecule has 0 radical (unpaired) electrons. The van der Waals surface area contributed by atoms with Crippen LogP contribution >= 0.6 is 0 Å². The molecule has 0 bridgehead atoms. The molecule has 1 N–H and O–H groups in total. The van der Waals surface area contributed by atoms with E-state index in [2.05, 4.69) is 53.8 Å². The van der Waals surface area contributed by atoms with Crippen molar-refractivity contribution < 1.29 is 0 Å². The van der Waals surface area contributed by atoms with Crippen molar-refractivity contribution in [2.75, 3.05) is 20.1 Å². The summed E-state index contributed by atoms with van der Waals surface area (Å²) in [6, 6.07) is 0.424. The highest BCUT2D eigenvalue weighted by Crippen LogP contribution is 2.25. The zero-order valence-corrected chi connectivity index (χ0v) is 13.5. The molecule has 2 rings (SSSR count). The second kappa shape index (κ2) is 6.72. The monoisotopic (exact) mass is 278 g/mol. The molecular weight excluding hydrogens is 248 g/mol. The summed E-state index contributed by atoms with van der Waals surface area (Å²) in [5.74, 6) is 1.19. The maximum atomic E-state index is 4.54. The molecule has 1 aliphatic heterocycles. The van der Waals surface area contributed by atoms with Crippen LogP contribution in [0, 0.1) is 0 Å².